The molecule has 22 heavy (non-hydrogen) atoms. The lowest BCUT2D eigenvalue weighted by Gasteiger charge is -2.40. The van der Waals surface area contributed by atoms with Gasteiger partial charge in [0.1, 0.15) is 6.61 Å². The van der Waals surface area contributed by atoms with E-state index in [0.717, 1.165) is 18.4 Å². The van der Waals surface area contributed by atoms with Crippen LogP contribution in [0.2, 0.25) is 0 Å². The quantitative estimate of drug-likeness (QED) is 0.738. The van der Waals surface area contributed by atoms with Crippen molar-refractivity contribution in [2.75, 3.05) is 0 Å². The Hall–Kier alpha value is -2.08. The van der Waals surface area contributed by atoms with Crippen molar-refractivity contribution in [3.63, 3.8) is 0 Å². The Bertz CT molecular complexity index is 525. The summed E-state index contributed by atoms with van der Waals surface area (Å²) in [7, 11) is 0. The van der Waals surface area contributed by atoms with Crippen LogP contribution < -0.4 is 16.4 Å². The molecule has 0 spiro atoms. The van der Waals surface area contributed by atoms with Crippen molar-refractivity contribution >= 4 is 12.0 Å². The number of ether oxygens (including phenoxy) is 1. The molecule has 120 valence electrons. The second-order valence-corrected chi connectivity index (χ2v) is 6.20. The van der Waals surface area contributed by atoms with Gasteiger partial charge in [0.2, 0.25) is 5.91 Å². The topological polar surface area (TPSA) is 93.4 Å². The number of hydrogen-bond donors (Lipinski definition) is 3. The lowest BCUT2D eigenvalue weighted by molar-refractivity contribution is -0.123. The Balaban J connectivity index is 1.65. The molecule has 1 saturated carbocycles. The van der Waals surface area contributed by atoms with Crippen molar-refractivity contribution < 1.29 is 14.3 Å². The molecule has 0 aliphatic heterocycles. The molecular formula is C16H23N3O3. The summed E-state index contributed by atoms with van der Waals surface area (Å²) >= 11 is 0. The zero-order chi connectivity index (χ0) is 16.2. The first-order valence-electron chi connectivity index (χ1n) is 7.41. The Morgan fingerprint density at radius 1 is 1.23 bits per heavy atom. The van der Waals surface area contributed by atoms with E-state index in [4.69, 9.17) is 10.5 Å². The van der Waals surface area contributed by atoms with Gasteiger partial charge >= 0.3 is 6.09 Å². The average molecular weight is 305 g/mol. The fourth-order valence-corrected chi connectivity index (χ4v) is 2.37. The molecule has 0 radical (unpaired) electrons. The standard InChI is InChI=1S/C16H23N3O3/c1-16(2,14(17)20)19-13-8-12(9-13)18-15(21)22-10-11-6-4-3-5-7-11/h3-7,12-13,19H,8-10H2,1-2H3,(H2,17,20)(H,18,21). The third-order valence-corrected chi connectivity index (χ3v) is 3.85. The average Bonchev–Trinajstić information content (AvgIpc) is 2.43. The maximum absolute atomic E-state index is 11.7. The summed E-state index contributed by atoms with van der Waals surface area (Å²) < 4.78 is 5.16. The van der Waals surface area contributed by atoms with Crippen LogP contribution in [-0.4, -0.2) is 29.6 Å². The van der Waals surface area contributed by atoms with Crippen LogP contribution in [0.3, 0.4) is 0 Å². The monoisotopic (exact) mass is 305 g/mol. The highest BCUT2D eigenvalue weighted by Crippen LogP contribution is 2.22. The van der Waals surface area contributed by atoms with Gasteiger partial charge < -0.3 is 21.1 Å². The highest BCUT2D eigenvalue weighted by atomic mass is 16.5. The van der Waals surface area contributed by atoms with Crippen molar-refractivity contribution in [3.8, 4) is 0 Å². The van der Waals surface area contributed by atoms with Crippen LogP contribution in [0.1, 0.15) is 32.3 Å². The smallest absolute Gasteiger partial charge is 0.407 e. The number of alkyl carbamates (subject to hydrolysis) is 1. The van der Waals surface area contributed by atoms with Crippen molar-refractivity contribution in [2.24, 2.45) is 5.73 Å². The molecule has 0 heterocycles. The van der Waals surface area contributed by atoms with Crippen molar-refractivity contribution in [2.45, 2.75) is 50.9 Å². The van der Waals surface area contributed by atoms with Crippen LogP contribution in [0.5, 0.6) is 0 Å². The number of benzene rings is 1. The number of rotatable bonds is 6. The number of carbonyl (C=O) groups excluding carboxylic acids is 2. The Kier molecular flexibility index (Phi) is 5.03. The molecule has 0 atom stereocenters. The van der Waals surface area contributed by atoms with Crippen LogP contribution >= 0.6 is 0 Å². The van der Waals surface area contributed by atoms with Gasteiger partial charge in [0, 0.05) is 12.1 Å². The van der Waals surface area contributed by atoms with Gasteiger partial charge in [-0.05, 0) is 32.3 Å². The van der Waals surface area contributed by atoms with E-state index in [1.807, 2.05) is 30.3 Å². The first-order valence-corrected chi connectivity index (χ1v) is 7.41. The fraction of sp³-hybridized carbons (Fsp3) is 0.500. The molecule has 1 aliphatic carbocycles. The number of hydrogen-bond acceptors (Lipinski definition) is 4. The molecule has 6 nitrogen and oxygen atoms in total. The van der Waals surface area contributed by atoms with E-state index in [-0.39, 0.29) is 24.6 Å². The highest BCUT2D eigenvalue weighted by Gasteiger charge is 2.36. The van der Waals surface area contributed by atoms with E-state index in [1.165, 1.54) is 0 Å². The van der Waals surface area contributed by atoms with Gasteiger partial charge in [-0.3, -0.25) is 4.79 Å². The van der Waals surface area contributed by atoms with E-state index in [0.29, 0.717) is 0 Å². The fourth-order valence-electron chi connectivity index (χ4n) is 2.37. The van der Waals surface area contributed by atoms with Gasteiger partial charge in [-0.2, -0.15) is 0 Å². The third-order valence-electron chi connectivity index (χ3n) is 3.85. The van der Waals surface area contributed by atoms with Gasteiger partial charge in [-0.15, -0.1) is 0 Å². The molecule has 1 aliphatic rings. The second-order valence-electron chi connectivity index (χ2n) is 6.20. The summed E-state index contributed by atoms with van der Waals surface area (Å²) in [4.78, 5) is 22.9. The summed E-state index contributed by atoms with van der Waals surface area (Å²) in [5.41, 5.74) is 5.54. The molecule has 1 aromatic carbocycles. The maximum Gasteiger partial charge on any atom is 0.407 e. The first-order chi connectivity index (χ1) is 10.4. The Labute approximate surface area is 130 Å². The van der Waals surface area contributed by atoms with Crippen molar-refractivity contribution in [3.05, 3.63) is 35.9 Å². The van der Waals surface area contributed by atoms with Crippen LogP contribution in [0.15, 0.2) is 30.3 Å². The second kappa shape index (κ2) is 6.79. The summed E-state index contributed by atoms with van der Waals surface area (Å²) in [6.07, 6.45) is 1.11. The molecule has 0 aromatic heterocycles. The zero-order valence-electron chi connectivity index (χ0n) is 13.0. The van der Waals surface area contributed by atoms with E-state index >= 15 is 0 Å². The molecule has 0 bridgehead atoms. The van der Waals surface area contributed by atoms with E-state index in [9.17, 15) is 9.59 Å². The molecule has 1 fully saturated rings. The lowest BCUT2D eigenvalue weighted by Crippen LogP contribution is -2.61. The van der Waals surface area contributed by atoms with Gasteiger partial charge in [-0.25, -0.2) is 4.79 Å². The summed E-state index contributed by atoms with van der Waals surface area (Å²) in [5.74, 6) is -0.383. The minimum absolute atomic E-state index is 0.0736. The van der Waals surface area contributed by atoms with E-state index < -0.39 is 11.6 Å². The Morgan fingerprint density at radius 2 is 1.86 bits per heavy atom. The summed E-state index contributed by atoms with van der Waals surface area (Å²) in [6.45, 7) is 3.77. The molecule has 0 saturated heterocycles. The summed E-state index contributed by atoms with van der Waals surface area (Å²) in [6, 6.07) is 9.79. The van der Waals surface area contributed by atoms with Crippen LogP contribution in [0, 0.1) is 0 Å². The molecule has 2 rings (SSSR count). The van der Waals surface area contributed by atoms with Crippen LogP contribution in [0.4, 0.5) is 4.79 Å². The number of nitrogens with one attached hydrogen (secondary N) is 2. The maximum atomic E-state index is 11.7. The molecule has 6 heteroatoms. The van der Waals surface area contributed by atoms with Crippen LogP contribution in [0.25, 0.3) is 0 Å². The zero-order valence-corrected chi connectivity index (χ0v) is 13.0. The van der Waals surface area contributed by atoms with E-state index in [1.54, 1.807) is 13.8 Å². The molecule has 1 aromatic rings. The summed E-state index contributed by atoms with van der Waals surface area (Å²) in [5, 5.41) is 6.00. The molecule has 4 N–H and O–H groups in total. The first kappa shape index (κ1) is 16.3. The van der Waals surface area contributed by atoms with Gasteiger partial charge in [0.05, 0.1) is 5.54 Å². The molecule has 0 unspecified atom stereocenters. The lowest BCUT2D eigenvalue weighted by atomic mass is 9.85. The predicted octanol–water partition coefficient (Wildman–Crippen LogP) is 1.30. The largest absolute Gasteiger partial charge is 0.445 e. The van der Waals surface area contributed by atoms with E-state index in [2.05, 4.69) is 10.6 Å². The highest BCUT2D eigenvalue weighted by molar-refractivity contribution is 5.83. The predicted molar refractivity (Wildman–Crippen MR) is 83.0 cm³/mol. The third kappa shape index (κ3) is 4.46. The SMILES string of the molecule is CC(C)(NC1CC(NC(=O)OCc2ccccc2)C1)C(N)=O. The minimum Gasteiger partial charge on any atom is -0.445 e. The van der Waals surface area contributed by atoms with Gasteiger partial charge in [0.15, 0.2) is 0 Å². The van der Waals surface area contributed by atoms with Gasteiger partial charge in [-0.1, -0.05) is 30.3 Å². The number of carbonyl (C=O) groups is 2. The van der Waals surface area contributed by atoms with Crippen molar-refractivity contribution in [1.29, 1.82) is 0 Å². The number of nitrogens with two attached hydrogens (primary N) is 1. The number of primary amides is 1. The minimum atomic E-state index is -0.733. The number of amides is 2. The normalized spacial score (nSPS) is 20.8. The Morgan fingerprint density at radius 3 is 2.45 bits per heavy atom. The van der Waals surface area contributed by atoms with Gasteiger partial charge in [0.25, 0.3) is 0 Å². The molecule has 2 amide bonds. The van der Waals surface area contributed by atoms with Crippen LogP contribution in [-0.2, 0) is 16.1 Å². The van der Waals surface area contributed by atoms with Crippen molar-refractivity contribution in [1.82, 2.24) is 10.6 Å². The molecular weight excluding hydrogens is 282 g/mol.